The standard InChI is InChI=1S/C12H16O5/c1-2-15-11(14)8-6-12(3-4-12)10-7(16-8)5-9(13)17-10/h6-7,9-10,13H,2-5H2,1H3/t7-,9+,10+/m1/s1. The van der Waals surface area contributed by atoms with E-state index in [0.717, 1.165) is 12.8 Å². The van der Waals surface area contributed by atoms with Gasteiger partial charge in [-0.25, -0.2) is 4.79 Å². The lowest BCUT2D eigenvalue weighted by atomic mass is 9.91. The average Bonchev–Trinajstić information content (AvgIpc) is 2.93. The van der Waals surface area contributed by atoms with E-state index >= 15 is 0 Å². The summed E-state index contributed by atoms with van der Waals surface area (Å²) in [7, 11) is 0. The van der Waals surface area contributed by atoms with E-state index in [2.05, 4.69) is 0 Å². The van der Waals surface area contributed by atoms with Crippen LogP contribution in [0.25, 0.3) is 0 Å². The second kappa shape index (κ2) is 3.71. The van der Waals surface area contributed by atoms with Crippen molar-refractivity contribution in [3.63, 3.8) is 0 Å². The molecular formula is C12H16O5. The molecule has 0 aromatic heterocycles. The second-order valence-electron chi connectivity index (χ2n) is 4.87. The van der Waals surface area contributed by atoms with Gasteiger partial charge < -0.3 is 19.3 Å². The molecule has 3 atom stereocenters. The van der Waals surface area contributed by atoms with E-state index in [1.807, 2.05) is 6.08 Å². The smallest absolute Gasteiger partial charge is 0.373 e. The van der Waals surface area contributed by atoms with Crippen LogP contribution < -0.4 is 0 Å². The molecule has 1 spiro atoms. The zero-order valence-electron chi connectivity index (χ0n) is 9.72. The Bertz CT molecular complexity index is 371. The van der Waals surface area contributed by atoms with E-state index in [9.17, 15) is 9.90 Å². The lowest BCUT2D eigenvalue weighted by molar-refractivity contribution is -0.147. The van der Waals surface area contributed by atoms with Crippen LogP contribution in [0.2, 0.25) is 0 Å². The Labute approximate surface area is 99.3 Å². The molecule has 1 N–H and O–H groups in total. The van der Waals surface area contributed by atoms with Gasteiger partial charge in [0.2, 0.25) is 5.76 Å². The summed E-state index contributed by atoms with van der Waals surface area (Å²) in [5.74, 6) is -0.137. The summed E-state index contributed by atoms with van der Waals surface area (Å²) in [5, 5.41) is 9.51. The number of fused-ring (bicyclic) bond motifs is 2. The third-order valence-electron chi connectivity index (χ3n) is 3.64. The molecule has 2 fully saturated rings. The van der Waals surface area contributed by atoms with Crippen LogP contribution in [0, 0.1) is 5.41 Å². The number of esters is 1. The molecule has 2 heterocycles. The van der Waals surface area contributed by atoms with Gasteiger partial charge in [-0.05, 0) is 25.8 Å². The first kappa shape index (κ1) is 11.0. The quantitative estimate of drug-likeness (QED) is 0.720. The number of carbonyl (C=O) groups excluding carboxylic acids is 1. The first-order valence-electron chi connectivity index (χ1n) is 6.05. The summed E-state index contributed by atoms with van der Waals surface area (Å²) in [6.07, 6.45) is 3.08. The van der Waals surface area contributed by atoms with Crippen LogP contribution in [0.1, 0.15) is 26.2 Å². The van der Waals surface area contributed by atoms with E-state index in [-0.39, 0.29) is 23.4 Å². The molecule has 0 unspecified atom stereocenters. The largest absolute Gasteiger partial charge is 0.480 e. The van der Waals surface area contributed by atoms with Crippen LogP contribution in [-0.4, -0.2) is 36.2 Å². The van der Waals surface area contributed by atoms with Crippen molar-refractivity contribution in [2.24, 2.45) is 5.41 Å². The van der Waals surface area contributed by atoms with Gasteiger partial charge in [0.05, 0.1) is 6.61 Å². The van der Waals surface area contributed by atoms with Crippen LogP contribution in [-0.2, 0) is 19.0 Å². The third kappa shape index (κ3) is 1.73. The maximum atomic E-state index is 11.7. The number of aliphatic hydroxyl groups excluding tert-OH is 1. The SMILES string of the molecule is CCOC(=O)C1=CC2(CC2)[C@H]2O[C@H](O)C[C@H]2O1. The van der Waals surface area contributed by atoms with Gasteiger partial charge in [0.15, 0.2) is 6.29 Å². The van der Waals surface area contributed by atoms with Crippen LogP contribution >= 0.6 is 0 Å². The highest BCUT2D eigenvalue weighted by molar-refractivity contribution is 5.86. The molecule has 5 nitrogen and oxygen atoms in total. The number of hydrogen-bond donors (Lipinski definition) is 1. The molecule has 17 heavy (non-hydrogen) atoms. The van der Waals surface area contributed by atoms with Gasteiger partial charge in [-0.2, -0.15) is 0 Å². The predicted molar refractivity (Wildman–Crippen MR) is 56.8 cm³/mol. The van der Waals surface area contributed by atoms with E-state index in [1.165, 1.54) is 0 Å². The maximum absolute atomic E-state index is 11.7. The molecule has 0 aromatic carbocycles. The molecule has 3 rings (SSSR count). The van der Waals surface area contributed by atoms with Gasteiger partial charge in [-0.1, -0.05) is 0 Å². The summed E-state index contributed by atoms with van der Waals surface area (Å²) in [6, 6.07) is 0. The first-order valence-corrected chi connectivity index (χ1v) is 6.05. The van der Waals surface area contributed by atoms with E-state index in [4.69, 9.17) is 14.2 Å². The van der Waals surface area contributed by atoms with Crippen molar-refractivity contribution in [3.05, 3.63) is 11.8 Å². The molecule has 3 aliphatic rings. The Kier molecular flexibility index (Phi) is 2.41. The first-order chi connectivity index (χ1) is 8.14. The van der Waals surface area contributed by atoms with Crippen molar-refractivity contribution >= 4 is 5.97 Å². The number of carbonyl (C=O) groups is 1. The summed E-state index contributed by atoms with van der Waals surface area (Å²) in [5.41, 5.74) is -0.109. The van der Waals surface area contributed by atoms with Gasteiger partial charge in [0.25, 0.3) is 0 Å². The molecule has 0 aromatic rings. The highest BCUT2D eigenvalue weighted by Gasteiger charge is 2.59. The van der Waals surface area contributed by atoms with Crippen molar-refractivity contribution in [2.75, 3.05) is 6.61 Å². The van der Waals surface area contributed by atoms with E-state index in [1.54, 1.807) is 6.92 Å². The highest BCUT2D eigenvalue weighted by Crippen LogP contribution is 2.57. The fourth-order valence-corrected chi connectivity index (χ4v) is 2.67. The fraction of sp³-hybridized carbons (Fsp3) is 0.750. The molecule has 1 saturated carbocycles. The molecule has 94 valence electrons. The Morgan fingerprint density at radius 2 is 2.41 bits per heavy atom. The predicted octanol–water partition coefficient (Wildman–Crippen LogP) is 0.720. The van der Waals surface area contributed by atoms with E-state index in [0.29, 0.717) is 13.0 Å². The van der Waals surface area contributed by atoms with Crippen LogP contribution in [0.4, 0.5) is 0 Å². The Balaban J connectivity index is 1.83. The van der Waals surface area contributed by atoms with Gasteiger partial charge in [0, 0.05) is 11.8 Å². The second-order valence-corrected chi connectivity index (χ2v) is 4.87. The molecule has 0 bridgehead atoms. The zero-order chi connectivity index (χ0) is 12.0. The van der Waals surface area contributed by atoms with Gasteiger partial charge in [-0.15, -0.1) is 0 Å². The minimum absolute atomic E-state index is 0.109. The van der Waals surface area contributed by atoms with Gasteiger partial charge in [-0.3, -0.25) is 0 Å². The average molecular weight is 240 g/mol. The Hall–Kier alpha value is -1.07. The maximum Gasteiger partial charge on any atom is 0.373 e. The summed E-state index contributed by atoms with van der Waals surface area (Å²) in [6.45, 7) is 2.10. The lowest BCUT2D eigenvalue weighted by Gasteiger charge is -2.31. The summed E-state index contributed by atoms with van der Waals surface area (Å²) < 4.78 is 16.0. The van der Waals surface area contributed by atoms with Gasteiger partial charge in [0.1, 0.15) is 12.2 Å². The molecule has 2 aliphatic heterocycles. The fourth-order valence-electron chi connectivity index (χ4n) is 2.67. The normalized spacial score (nSPS) is 37.1. The van der Waals surface area contributed by atoms with Crippen molar-refractivity contribution in [1.29, 1.82) is 0 Å². The molecular weight excluding hydrogens is 224 g/mol. The van der Waals surface area contributed by atoms with Gasteiger partial charge >= 0.3 is 5.97 Å². The lowest BCUT2D eigenvalue weighted by Crippen LogP contribution is -2.38. The number of rotatable bonds is 2. The van der Waals surface area contributed by atoms with Crippen LogP contribution in [0.3, 0.4) is 0 Å². The number of aliphatic hydroxyl groups is 1. The summed E-state index contributed by atoms with van der Waals surface area (Å²) >= 11 is 0. The minimum Gasteiger partial charge on any atom is -0.480 e. The highest BCUT2D eigenvalue weighted by atomic mass is 16.6. The molecule has 0 radical (unpaired) electrons. The van der Waals surface area contributed by atoms with E-state index < -0.39 is 12.3 Å². The van der Waals surface area contributed by atoms with Crippen LogP contribution in [0.5, 0.6) is 0 Å². The molecule has 5 heteroatoms. The minimum atomic E-state index is -0.780. The van der Waals surface area contributed by atoms with Crippen LogP contribution in [0.15, 0.2) is 11.8 Å². The topological polar surface area (TPSA) is 65.0 Å². The number of ether oxygens (including phenoxy) is 3. The molecule has 1 aliphatic carbocycles. The zero-order valence-corrected chi connectivity index (χ0v) is 9.72. The molecule has 1 saturated heterocycles. The van der Waals surface area contributed by atoms with Crippen molar-refractivity contribution in [3.8, 4) is 0 Å². The molecule has 0 amide bonds. The Morgan fingerprint density at radius 3 is 3.06 bits per heavy atom. The monoisotopic (exact) mass is 240 g/mol. The Morgan fingerprint density at radius 1 is 1.65 bits per heavy atom. The summed E-state index contributed by atoms with van der Waals surface area (Å²) in [4.78, 5) is 11.7. The van der Waals surface area contributed by atoms with Crippen molar-refractivity contribution in [1.82, 2.24) is 0 Å². The van der Waals surface area contributed by atoms with Crippen molar-refractivity contribution < 1.29 is 24.1 Å². The number of hydrogen-bond acceptors (Lipinski definition) is 5. The van der Waals surface area contributed by atoms with Crippen molar-refractivity contribution in [2.45, 2.75) is 44.7 Å². The third-order valence-corrected chi connectivity index (χ3v) is 3.64.